The molecule has 4 N–H and O–H groups in total. The molecule has 0 spiro atoms. The van der Waals surface area contributed by atoms with Gasteiger partial charge in [-0.1, -0.05) is 6.07 Å². The zero-order valence-electron chi connectivity index (χ0n) is 10.3. The van der Waals surface area contributed by atoms with Crippen LogP contribution in [-0.2, 0) is 11.3 Å². The zero-order valence-corrected chi connectivity index (χ0v) is 10.3. The standard InChI is InChI=1S/C11H15N5O3/c12-14-9-5-8(1-2-10(9)16(18)19)6-15-4-3-13-11(17)7-15/h1-2,5,14H,3-4,6-7,12H2,(H,13,17). The molecule has 1 aromatic carbocycles. The smallest absolute Gasteiger partial charge is 0.293 e. The summed E-state index contributed by atoms with van der Waals surface area (Å²) >= 11 is 0. The molecule has 0 saturated carbocycles. The lowest BCUT2D eigenvalue weighted by molar-refractivity contribution is -0.384. The van der Waals surface area contributed by atoms with Crippen molar-refractivity contribution in [1.82, 2.24) is 10.2 Å². The Morgan fingerprint density at radius 1 is 1.53 bits per heavy atom. The van der Waals surface area contributed by atoms with Crippen molar-refractivity contribution in [1.29, 1.82) is 0 Å². The van der Waals surface area contributed by atoms with E-state index < -0.39 is 4.92 Å². The number of nitrogens with one attached hydrogen (secondary N) is 2. The van der Waals surface area contributed by atoms with Crippen molar-refractivity contribution >= 4 is 17.3 Å². The maximum absolute atomic E-state index is 11.3. The molecule has 0 aliphatic carbocycles. The van der Waals surface area contributed by atoms with E-state index in [-0.39, 0.29) is 17.3 Å². The molecule has 1 saturated heterocycles. The largest absolute Gasteiger partial charge is 0.354 e. The predicted octanol–water partition coefficient (Wildman–Crippen LogP) is -0.188. The third-order valence-corrected chi connectivity index (χ3v) is 2.94. The number of nitrogens with zero attached hydrogens (tertiary/aromatic N) is 2. The van der Waals surface area contributed by atoms with Crippen molar-refractivity contribution in [2.45, 2.75) is 6.54 Å². The summed E-state index contributed by atoms with van der Waals surface area (Å²) in [6, 6.07) is 4.71. The van der Waals surface area contributed by atoms with Crippen LogP contribution in [0, 0.1) is 10.1 Å². The van der Waals surface area contributed by atoms with E-state index in [1.54, 1.807) is 12.1 Å². The lowest BCUT2D eigenvalue weighted by Crippen LogP contribution is -2.47. The Morgan fingerprint density at radius 3 is 2.95 bits per heavy atom. The molecule has 8 heteroatoms. The summed E-state index contributed by atoms with van der Waals surface area (Å²) in [6.07, 6.45) is 0. The van der Waals surface area contributed by atoms with Gasteiger partial charge in [0.15, 0.2) is 0 Å². The molecular weight excluding hydrogens is 250 g/mol. The number of piperazine rings is 1. The van der Waals surface area contributed by atoms with E-state index in [0.717, 1.165) is 12.1 Å². The quantitative estimate of drug-likeness (QED) is 0.395. The van der Waals surface area contributed by atoms with Crippen LogP contribution < -0.4 is 16.6 Å². The van der Waals surface area contributed by atoms with E-state index >= 15 is 0 Å². The van der Waals surface area contributed by atoms with Crippen LogP contribution in [-0.4, -0.2) is 35.4 Å². The van der Waals surface area contributed by atoms with Gasteiger partial charge in [0.05, 0.1) is 11.5 Å². The fourth-order valence-corrected chi connectivity index (χ4v) is 2.04. The van der Waals surface area contributed by atoms with Gasteiger partial charge >= 0.3 is 0 Å². The number of nitro benzene ring substituents is 1. The van der Waals surface area contributed by atoms with Gasteiger partial charge in [0, 0.05) is 25.7 Å². The fraction of sp³-hybridized carbons (Fsp3) is 0.364. The molecule has 0 atom stereocenters. The average Bonchev–Trinajstić information content (AvgIpc) is 2.38. The van der Waals surface area contributed by atoms with E-state index in [2.05, 4.69) is 10.7 Å². The molecule has 2 rings (SSSR count). The number of rotatable bonds is 4. The first-order valence-electron chi connectivity index (χ1n) is 5.83. The molecule has 1 aliphatic heterocycles. The average molecular weight is 265 g/mol. The maximum Gasteiger partial charge on any atom is 0.293 e. The summed E-state index contributed by atoms with van der Waals surface area (Å²) < 4.78 is 0. The third kappa shape index (κ3) is 3.18. The van der Waals surface area contributed by atoms with E-state index in [9.17, 15) is 14.9 Å². The molecule has 1 aliphatic rings. The maximum atomic E-state index is 11.3. The van der Waals surface area contributed by atoms with E-state index in [1.165, 1.54) is 6.07 Å². The van der Waals surface area contributed by atoms with E-state index in [4.69, 9.17) is 5.84 Å². The van der Waals surface area contributed by atoms with Crippen LogP contribution in [0.25, 0.3) is 0 Å². The second kappa shape index (κ2) is 5.63. The highest BCUT2D eigenvalue weighted by Gasteiger charge is 2.18. The number of carbonyl (C=O) groups excluding carboxylic acids is 1. The SMILES string of the molecule is NNc1cc(CN2CCNC(=O)C2)ccc1[N+](=O)[O-]. The number of hydrazine groups is 1. The van der Waals surface area contributed by atoms with Crippen LogP contribution in [0.3, 0.4) is 0 Å². The van der Waals surface area contributed by atoms with Crippen LogP contribution in [0.2, 0.25) is 0 Å². The Labute approximate surface area is 109 Å². The first-order valence-corrected chi connectivity index (χ1v) is 5.83. The molecule has 1 heterocycles. The summed E-state index contributed by atoms with van der Waals surface area (Å²) in [4.78, 5) is 23.5. The summed E-state index contributed by atoms with van der Waals surface area (Å²) in [5.74, 6) is 5.27. The van der Waals surface area contributed by atoms with Gasteiger partial charge in [0.25, 0.3) is 5.69 Å². The number of benzene rings is 1. The molecule has 102 valence electrons. The van der Waals surface area contributed by atoms with Gasteiger partial charge in [-0.25, -0.2) is 0 Å². The predicted molar refractivity (Wildman–Crippen MR) is 69.2 cm³/mol. The Kier molecular flexibility index (Phi) is 3.93. The molecule has 0 aromatic heterocycles. The first-order chi connectivity index (χ1) is 9.10. The van der Waals surface area contributed by atoms with Crippen molar-refractivity contribution in [2.75, 3.05) is 25.1 Å². The van der Waals surface area contributed by atoms with E-state index in [1.807, 2.05) is 4.90 Å². The molecule has 8 nitrogen and oxygen atoms in total. The summed E-state index contributed by atoms with van der Waals surface area (Å²) in [5, 5.41) is 13.5. The van der Waals surface area contributed by atoms with Crippen LogP contribution >= 0.6 is 0 Å². The Hall–Kier alpha value is -2.19. The number of carbonyl (C=O) groups is 1. The summed E-state index contributed by atoms with van der Waals surface area (Å²) in [5.41, 5.74) is 3.39. The van der Waals surface area contributed by atoms with Crippen molar-refractivity contribution in [2.24, 2.45) is 5.84 Å². The number of anilines is 1. The molecule has 19 heavy (non-hydrogen) atoms. The number of nitrogen functional groups attached to an aromatic ring is 1. The second-order valence-corrected chi connectivity index (χ2v) is 4.31. The molecule has 0 unspecified atom stereocenters. The highest BCUT2D eigenvalue weighted by molar-refractivity contribution is 5.78. The number of amides is 1. The van der Waals surface area contributed by atoms with Gasteiger partial charge in [0.1, 0.15) is 5.69 Å². The highest BCUT2D eigenvalue weighted by Crippen LogP contribution is 2.25. The zero-order chi connectivity index (χ0) is 13.8. The lowest BCUT2D eigenvalue weighted by atomic mass is 10.1. The fourth-order valence-electron chi connectivity index (χ4n) is 2.04. The van der Waals surface area contributed by atoms with Crippen molar-refractivity contribution in [3.63, 3.8) is 0 Å². The minimum Gasteiger partial charge on any atom is -0.354 e. The molecular formula is C11H15N5O3. The number of nitro groups is 1. The first kappa shape index (κ1) is 13.2. The molecule has 0 bridgehead atoms. The van der Waals surface area contributed by atoms with Gasteiger partial charge in [-0.05, 0) is 11.6 Å². The highest BCUT2D eigenvalue weighted by atomic mass is 16.6. The van der Waals surface area contributed by atoms with Gasteiger partial charge < -0.3 is 10.7 Å². The topological polar surface area (TPSA) is 114 Å². The van der Waals surface area contributed by atoms with Crippen molar-refractivity contribution in [3.05, 3.63) is 33.9 Å². The normalized spacial score (nSPS) is 15.9. The van der Waals surface area contributed by atoms with Crippen LogP contribution in [0.4, 0.5) is 11.4 Å². The minimum absolute atomic E-state index is 0.00895. The van der Waals surface area contributed by atoms with Gasteiger partial charge in [-0.15, -0.1) is 0 Å². The van der Waals surface area contributed by atoms with Crippen LogP contribution in [0.5, 0.6) is 0 Å². The number of hydrogen-bond acceptors (Lipinski definition) is 6. The molecule has 1 fully saturated rings. The summed E-state index contributed by atoms with van der Waals surface area (Å²) in [6.45, 7) is 2.27. The molecule has 1 amide bonds. The Bertz CT molecular complexity index is 505. The molecule has 1 aromatic rings. The second-order valence-electron chi connectivity index (χ2n) is 4.31. The van der Waals surface area contributed by atoms with Crippen LogP contribution in [0.15, 0.2) is 18.2 Å². The monoisotopic (exact) mass is 265 g/mol. The van der Waals surface area contributed by atoms with Gasteiger partial charge in [-0.3, -0.25) is 25.7 Å². The van der Waals surface area contributed by atoms with E-state index in [0.29, 0.717) is 19.6 Å². The minimum atomic E-state index is -0.493. The van der Waals surface area contributed by atoms with Gasteiger partial charge in [0.2, 0.25) is 5.91 Å². The van der Waals surface area contributed by atoms with Crippen LogP contribution in [0.1, 0.15) is 5.56 Å². The van der Waals surface area contributed by atoms with Gasteiger partial charge in [-0.2, -0.15) is 0 Å². The Morgan fingerprint density at radius 2 is 2.32 bits per heavy atom. The number of nitrogens with two attached hydrogens (primary N) is 1. The lowest BCUT2D eigenvalue weighted by Gasteiger charge is -2.26. The summed E-state index contributed by atoms with van der Waals surface area (Å²) in [7, 11) is 0. The van der Waals surface area contributed by atoms with Crippen molar-refractivity contribution in [3.8, 4) is 0 Å². The Balaban J connectivity index is 2.12. The number of hydrogen-bond donors (Lipinski definition) is 3. The third-order valence-electron chi connectivity index (χ3n) is 2.94. The van der Waals surface area contributed by atoms with Crippen molar-refractivity contribution < 1.29 is 9.72 Å². The molecule has 0 radical (unpaired) electrons.